The molecule has 4 rings (SSSR count). The number of carbonyl (C=O) groups is 1. The largest absolute Gasteiger partial charge is 0.331 e. The fourth-order valence-corrected chi connectivity index (χ4v) is 3.95. The summed E-state index contributed by atoms with van der Waals surface area (Å²) < 4.78 is 1.56. The molecule has 0 N–H and O–H groups in total. The van der Waals surface area contributed by atoms with E-state index in [-0.39, 0.29) is 11.9 Å². The first kappa shape index (κ1) is 14.1. The number of rotatable bonds is 2. The fourth-order valence-electron chi connectivity index (χ4n) is 2.99. The minimum atomic E-state index is 0.0672. The predicted octanol–water partition coefficient (Wildman–Crippen LogP) is 2.48. The smallest absolute Gasteiger partial charge is 0.254 e. The van der Waals surface area contributed by atoms with E-state index in [1.54, 1.807) is 16.0 Å². The Hall–Kier alpha value is -2.54. The molecule has 3 heterocycles. The Kier molecular flexibility index (Phi) is 3.42. The van der Waals surface area contributed by atoms with Gasteiger partial charge in [-0.25, -0.2) is 4.68 Å². The first-order chi connectivity index (χ1) is 11.2. The van der Waals surface area contributed by atoms with Gasteiger partial charge in [0.25, 0.3) is 5.91 Å². The van der Waals surface area contributed by atoms with E-state index >= 15 is 0 Å². The molecule has 0 fully saturated rings. The minimum Gasteiger partial charge on any atom is -0.331 e. The first-order valence-corrected chi connectivity index (χ1v) is 8.32. The van der Waals surface area contributed by atoms with Gasteiger partial charge in [-0.2, -0.15) is 0 Å². The van der Waals surface area contributed by atoms with Gasteiger partial charge in [-0.3, -0.25) is 4.79 Å². The Labute approximate surface area is 137 Å². The molecule has 0 aliphatic carbocycles. The lowest BCUT2D eigenvalue weighted by molar-refractivity contribution is 0.0679. The van der Waals surface area contributed by atoms with Crippen molar-refractivity contribution in [3.8, 4) is 5.69 Å². The summed E-state index contributed by atoms with van der Waals surface area (Å²) in [7, 11) is 0. The van der Waals surface area contributed by atoms with Crippen molar-refractivity contribution >= 4 is 17.2 Å². The summed E-state index contributed by atoms with van der Waals surface area (Å²) in [5.41, 5.74) is 2.80. The van der Waals surface area contributed by atoms with Crippen LogP contribution in [0, 0.1) is 0 Å². The maximum Gasteiger partial charge on any atom is 0.254 e. The zero-order chi connectivity index (χ0) is 15.8. The van der Waals surface area contributed by atoms with Crippen LogP contribution in [0.4, 0.5) is 0 Å². The SMILES string of the molecule is CC1c2ccsc2CCN1C(=O)c1ccc(-n2cnnn2)cc1. The predicted molar refractivity (Wildman–Crippen MR) is 86.6 cm³/mol. The van der Waals surface area contributed by atoms with Crippen molar-refractivity contribution in [2.75, 3.05) is 6.54 Å². The van der Waals surface area contributed by atoms with Crippen LogP contribution in [-0.4, -0.2) is 37.6 Å². The van der Waals surface area contributed by atoms with E-state index in [2.05, 4.69) is 33.9 Å². The third-order valence-corrected chi connectivity index (χ3v) is 5.26. The van der Waals surface area contributed by atoms with E-state index in [1.165, 1.54) is 16.8 Å². The van der Waals surface area contributed by atoms with Crippen LogP contribution in [-0.2, 0) is 6.42 Å². The number of aromatic nitrogens is 4. The maximum absolute atomic E-state index is 12.8. The average Bonchev–Trinajstić information content (AvgIpc) is 3.27. The van der Waals surface area contributed by atoms with Crippen LogP contribution in [0.25, 0.3) is 5.69 Å². The quantitative estimate of drug-likeness (QED) is 0.726. The summed E-state index contributed by atoms with van der Waals surface area (Å²) in [5, 5.41) is 13.2. The second-order valence-corrected chi connectivity index (χ2v) is 6.53. The Morgan fingerprint density at radius 1 is 1.26 bits per heavy atom. The molecule has 0 bridgehead atoms. The summed E-state index contributed by atoms with van der Waals surface area (Å²) in [6.45, 7) is 2.86. The zero-order valence-corrected chi connectivity index (χ0v) is 13.4. The monoisotopic (exact) mass is 325 g/mol. The Morgan fingerprint density at radius 3 is 2.83 bits per heavy atom. The first-order valence-electron chi connectivity index (χ1n) is 7.44. The molecule has 0 spiro atoms. The van der Waals surface area contributed by atoms with Crippen LogP contribution in [0.15, 0.2) is 42.0 Å². The molecule has 0 radical (unpaired) electrons. The number of benzene rings is 1. The van der Waals surface area contributed by atoms with Gasteiger partial charge in [-0.15, -0.1) is 16.4 Å². The third kappa shape index (κ3) is 2.43. The highest BCUT2D eigenvalue weighted by Crippen LogP contribution is 2.33. The molecular weight excluding hydrogens is 310 g/mol. The summed E-state index contributed by atoms with van der Waals surface area (Å²) in [6, 6.07) is 9.62. The Balaban J connectivity index is 1.58. The molecule has 1 aliphatic heterocycles. The molecule has 1 unspecified atom stereocenters. The summed E-state index contributed by atoms with van der Waals surface area (Å²) in [4.78, 5) is 16.2. The molecule has 0 saturated carbocycles. The number of hydrogen-bond acceptors (Lipinski definition) is 5. The van der Waals surface area contributed by atoms with Gasteiger partial charge in [0.2, 0.25) is 0 Å². The molecule has 1 aromatic carbocycles. The molecule has 0 saturated heterocycles. The molecule has 2 aromatic heterocycles. The molecule has 6 nitrogen and oxygen atoms in total. The molecule has 7 heteroatoms. The van der Waals surface area contributed by atoms with Crippen LogP contribution in [0.3, 0.4) is 0 Å². The lowest BCUT2D eigenvalue weighted by Crippen LogP contribution is -2.38. The number of fused-ring (bicyclic) bond motifs is 1. The Morgan fingerprint density at radius 2 is 2.09 bits per heavy atom. The van der Waals surface area contributed by atoms with Crippen molar-refractivity contribution in [3.63, 3.8) is 0 Å². The van der Waals surface area contributed by atoms with Crippen molar-refractivity contribution in [2.45, 2.75) is 19.4 Å². The van der Waals surface area contributed by atoms with E-state index < -0.39 is 0 Å². The molecule has 116 valence electrons. The van der Waals surface area contributed by atoms with E-state index in [4.69, 9.17) is 0 Å². The topological polar surface area (TPSA) is 63.9 Å². The van der Waals surface area contributed by atoms with Crippen LogP contribution in [0.1, 0.15) is 33.8 Å². The molecule has 3 aromatic rings. The normalized spacial score (nSPS) is 17.1. The Bertz CT molecular complexity index is 825. The second-order valence-electron chi connectivity index (χ2n) is 5.52. The van der Waals surface area contributed by atoms with Crippen molar-refractivity contribution < 1.29 is 4.79 Å². The van der Waals surface area contributed by atoms with E-state index in [1.807, 2.05) is 29.2 Å². The molecule has 1 aliphatic rings. The van der Waals surface area contributed by atoms with Gasteiger partial charge in [0, 0.05) is 17.0 Å². The second kappa shape index (κ2) is 5.58. The number of hydrogen-bond donors (Lipinski definition) is 0. The van der Waals surface area contributed by atoms with Gasteiger partial charge in [-0.1, -0.05) is 0 Å². The van der Waals surface area contributed by atoms with E-state index in [0.717, 1.165) is 18.7 Å². The highest BCUT2D eigenvalue weighted by Gasteiger charge is 2.28. The lowest BCUT2D eigenvalue weighted by Gasteiger charge is -2.33. The molecular formula is C16H15N5OS. The summed E-state index contributed by atoms with van der Waals surface area (Å²) in [6.07, 6.45) is 2.47. The molecule has 1 amide bonds. The lowest BCUT2D eigenvalue weighted by atomic mass is 10.0. The highest BCUT2D eigenvalue weighted by molar-refractivity contribution is 7.10. The van der Waals surface area contributed by atoms with Crippen molar-refractivity contribution in [1.29, 1.82) is 0 Å². The van der Waals surface area contributed by atoms with Gasteiger partial charge < -0.3 is 4.90 Å². The highest BCUT2D eigenvalue weighted by atomic mass is 32.1. The third-order valence-electron chi connectivity index (χ3n) is 4.27. The van der Waals surface area contributed by atoms with Gasteiger partial charge >= 0.3 is 0 Å². The van der Waals surface area contributed by atoms with Gasteiger partial charge in [-0.05, 0) is 65.0 Å². The summed E-state index contributed by atoms with van der Waals surface area (Å²) in [5.74, 6) is 0.0672. The van der Waals surface area contributed by atoms with E-state index in [0.29, 0.717) is 5.56 Å². The van der Waals surface area contributed by atoms with Crippen LogP contribution >= 0.6 is 11.3 Å². The summed E-state index contributed by atoms with van der Waals surface area (Å²) >= 11 is 1.78. The maximum atomic E-state index is 12.8. The van der Waals surface area contributed by atoms with Gasteiger partial charge in [0.05, 0.1) is 11.7 Å². The van der Waals surface area contributed by atoms with Crippen LogP contribution < -0.4 is 0 Å². The van der Waals surface area contributed by atoms with Crippen molar-refractivity contribution in [3.05, 3.63) is 58.0 Å². The van der Waals surface area contributed by atoms with Crippen LogP contribution in [0.5, 0.6) is 0 Å². The van der Waals surface area contributed by atoms with Crippen molar-refractivity contribution in [2.24, 2.45) is 0 Å². The number of amides is 1. The number of nitrogens with zero attached hydrogens (tertiary/aromatic N) is 5. The number of carbonyl (C=O) groups excluding carboxylic acids is 1. The zero-order valence-electron chi connectivity index (χ0n) is 12.6. The average molecular weight is 325 g/mol. The molecule has 23 heavy (non-hydrogen) atoms. The van der Waals surface area contributed by atoms with Gasteiger partial charge in [0.15, 0.2) is 0 Å². The van der Waals surface area contributed by atoms with E-state index in [9.17, 15) is 4.79 Å². The number of tetrazole rings is 1. The minimum absolute atomic E-state index is 0.0672. The number of thiophene rings is 1. The fraction of sp³-hybridized carbons (Fsp3) is 0.250. The van der Waals surface area contributed by atoms with Crippen molar-refractivity contribution in [1.82, 2.24) is 25.1 Å². The van der Waals surface area contributed by atoms with Crippen LogP contribution in [0.2, 0.25) is 0 Å². The van der Waals surface area contributed by atoms with Gasteiger partial charge in [0.1, 0.15) is 6.33 Å². The standard InChI is InChI=1S/C16H15N5OS/c1-11-14-7-9-23-15(14)6-8-20(11)16(22)12-2-4-13(5-3-12)21-10-17-18-19-21/h2-5,7,9-11H,6,8H2,1H3. The molecule has 1 atom stereocenters.